The molecule has 0 radical (unpaired) electrons. The minimum Gasteiger partial charge on any atom is -0.337 e. The summed E-state index contributed by atoms with van der Waals surface area (Å²) < 4.78 is 27.2. The van der Waals surface area contributed by atoms with Crippen LogP contribution in [0.1, 0.15) is 21.5 Å². The van der Waals surface area contributed by atoms with Crippen LogP contribution in [-0.4, -0.2) is 33.3 Å². The van der Waals surface area contributed by atoms with Crippen LogP contribution in [-0.2, 0) is 16.6 Å². The second-order valence-corrected chi connectivity index (χ2v) is 8.90. The van der Waals surface area contributed by atoms with Crippen molar-refractivity contribution in [1.82, 2.24) is 4.90 Å². The van der Waals surface area contributed by atoms with Crippen LogP contribution in [0.2, 0.25) is 0 Å². The predicted octanol–water partition coefficient (Wildman–Crippen LogP) is 4.09. The number of hydrogen-bond acceptors (Lipinski definition) is 3. The fourth-order valence-electron chi connectivity index (χ4n) is 3.11. The molecule has 0 N–H and O–H groups in total. The average molecular weight is 409 g/mol. The molecule has 5 nitrogen and oxygen atoms in total. The zero-order chi connectivity index (χ0) is 21.0. The monoisotopic (exact) mass is 408 g/mol. The number of anilines is 1. The Morgan fingerprint density at radius 3 is 2.07 bits per heavy atom. The lowest BCUT2D eigenvalue weighted by Gasteiger charge is -2.23. The van der Waals surface area contributed by atoms with Crippen molar-refractivity contribution in [3.05, 3.63) is 95.6 Å². The third-order valence-corrected chi connectivity index (χ3v) is 6.59. The number of rotatable bonds is 6. The summed E-state index contributed by atoms with van der Waals surface area (Å²) in [4.78, 5) is 14.7. The fourth-order valence-corrected chi connectivity index (χ4v) is 4.38. The smallest absolute Gasteiger partial charge is 0.264 e. The molecule has 0 bridgehead atoms. The van der Waals surface area contributed by atoms with Gasteiger partial charge in [-0.05, 0) is 42.3 Å². The highest BCUT2D eigenvalue weighted by molar-refractivity contribution is 7.92. The summed E-state index contributed by atoms with van der Waals surface area (Å²) in [5.74, 6) is -0.166. The van der Waals surface area contributed by atoms with Crippen molar-refractivity contribution in [2.45, 2.75) is 18.4 Å². The van der Waals surface area contributed by atoms with Crippen LogP contribution >= 0.6 is 0 Å². The molecule has 29 heavy (non-hydrogen) atoms. The number of benzene rings is 3. The van der Waals surface area contributed by atoms with E-state index in [4.69, 9.17) is 0 Å². The molecule has 0 atom stereocenters. The number of aryl methyl sites for hydroxylation is 1. The van der Waals surface area contributed by atoms with Gasteiger partial charge in [-0.25, -0.2) is 8.42 Å². The largest absolute Gasteiger partial charge is 0.337 e. The van der Waals surface area contributed by atoms with Gasteiger partial charge in [0.05, 0.1) is 10.6 Å². The third kappa shape index (κ3) is 4.49. The summed E-state index contributed by atoms with van der Waals surface area (Å²) in [5, 5.41) is 0. The van der Waals surface area contributed by atoms with Crippen molar-refractivity contribution in [3.63, 3.8) is 0 Å². The van der Waals surface area contributed by atoms with Crippen LogP contribution in [0.25, 0.3) is 0 Å². The molecule has 0 aliphatic carbocycles. The van der Waals surface area contributed by atoms with Gasteiger partial charge in [0.25, 0.3) is 15.9 Å². The molecule has 0 saturated heterocycles. The van der Waals surface area contributed by atoms with E-state index in [1.807, 2.05) is 37.3 Å². The molecule has 0 aliphatic heterocycles. The van der Waals surface area contributed by atoms with Gasteiger partial charge in [-0.2, -0.15) is 0 Å². The Hall–Kier alpha value is -3.12. The molecule has 0 spiro atoms. The maximum absolute atomic E-state index is 13.0. The van der Waals surface area contributed by atoms with Crippen molar-refractivity contribution < 1.29 is 13.2 Å². The highest BCUT2D eigenvalue weighted by Crippen LogP contribution is 2.27. The topological polar surface area (TPSA) is 57.7 Å². The Morgan fingerprint density at radius 2 is 1.45 bits per heavy atom. The van der Waals surface area contributed by atoms with Gasteiger partial charge < -0.3 is 4.90 Å². The van der Waals surface area contributed by atoms with Crippen LogP contribution in [0, 0.1) is 6.92 Å². The van der Waals surface area contributed by atoms with Crippen LogP contribution in [0.15, 0.2) is 83.8 Å². The highest BCUT2D eigenvalue weighted by atomic mass is 32.2. The summed E-state index contributed by atoms with van der Waals surface area (Å²) in [6.07, 6.45) is 0. The van der Waals surface area contributed by atoms with Crippen molar-refractivity contribution in [1.29, 1.82) is 0 Å². The van der Waals surface area contributed by atoms with Crippen LogP contribution in [0.4, 0.5) is 5.69 Å². The number of amides is 1. The molecular formula is C23H24N2O3S. The minimum absolute atomic E-state index is 0.166. The van der Waals surface area contributed by atoms with Crippen LogP contribution in [0.3, 0.4) is 0 Å². The molecule has 6 heteroatoms. The Balaban J connectivity index is 1.89. The van der Waals surface area contributed by atoms with Gasteiger partial charge in [0.1, 0.15) is 0 Å². The molecule has 0 aliphatic rings. The summed E-state index contributed by atoms with van der Waals surface area (Å²) in [5.41, 5.74) is 2.72. The first-order valence-electron chi connectivity index (χ1n) is 9.24. The van der Waals surface area contributed by atoms with E-state index in [1.165, 1.54) is 11.4 Å². The maximum atomic E-state index is 13.0. The molecule has 0 fully saturated rings. The quantitative estimate of drug-likeness (QED) is 0.617. The van der Waals surface area contributed by atoms with Crippen LogP contribution < -0.4 is 4.31 Å². The standard InChI is InChI=1S/C23H24N2O3S/c1-18-14-15-20(23(26)24(2)17-19-10-6-4-7-11-19)16-22(18)25(3)29(27,28)21-12-8-5-9-13-21/h4-16H,17H2,1-3H3. The first-order chi connectivity index (χ1) is 13.8. The lowest BCUT2D eigenvalue weighted by atomic mass is 10.1. The zero-order valence-corrected chi connectivity index (χ0v) is 17.6. The molecule has 0 heterocycles. The first kappa shape index (κ1) is 20.6. The summed E-state index contributed by atoms with van der Waals surface area (Å²) in [6.45, 7) is 2.30. The predicted molar refractivity (Wildman–Crippen MR) is 115 cm³/mol. The fraction of sp³-hybridized carbons (Fsp3) is 0.174. The maximum Gasteiger partial charge on any atom is 0.264 e. The Labute approximate surface area is 172 Å². The molecule has 3 aromatic carbocycles. The SMILES string of the molecule is Cc1ccc(C(=O)N(C)Cc2ccccc2)cc1N(C)S(=O)(=O)c1ccccc1. The van der Waals surface area contributed by atoms with Gasteiger partial charge in [-0.1, -0.05) is 54.6 Å². The van der Waals surface area contributed by atoms with Gasteiger partial charge >= 0.3 is 0 Å². The Morgan fingerprint density at radius 1 is 0.862 bits per heavy atom. The molecule has 0 unspecified atom stereocenters. The van der Waals surface area contributed by atoms with E-state index < -0.39 is 10.0 Å². The van der Waals surface area contributed by atoms with E-state index in [9.17, 15) is 13.2 Å². The zero-order valence-electron chi connectivity index (χ0n) is 16.7. The van der Waals surface area contributed by atoms with E-state index in [2.05, 4.69) is 0 Å². The molecule has 1 amide bonds. The van der Waals surface area contributed by atoms with Gasteiger partial charge in [-0.3, -0.25) is 9.10 Å². The lowest BCUT2D eigenvalue weighted by molar-refractivity contribution is 0.0785. The van der Waals surface area contributed by atoms with Gasteiger partial charge in [-0.15, -0.1) is 0 Å². The third-order valence-electron chi connectivity index (χ3n) is 4.81. The molecule has 3 aromatic rings. The lowest BCUT2D eigenvalue weighted by Crippen LogP contribution is -2.29. The van der Waals surface area contributed by atoms with E-state index in [0.29, 0.717) is 17.8 Å². The van der Waals surface area contributed by atoms with Gasteiger partial charge in [0, 0.05) is 26.2 Å². The Kier molecular flexibility index (Phi) is 6.03. The summed E-state index contributed by atoms with van der Waals surface area (Å²) in [7, 11) is -0.475. The van der Waals surface area contributed by atoms with Gasteiger partial charge in [0.15, 0.2) is 0 Å². The summed E-state index contributed by atoms with van der Waals surface area (Å²) >= 11 is 0. The van der Waals surface area contributed by atoms with E-state index in [-0.39, 0.29) is 10.8 Å². The molecule has 150 valence electrons. The van der Waals surface area contributed by atoms with Crippen molar-refractivity contribution >= 4 is 21.6 Å². The number of nitrogens with zero attached hydrogens (tertiary/aromatic N) is 2. The Bertz CT molecular complexity index is 1100. The number of carbonyl (C=O) groups is 1. The van der Waals surface area contributed by atoms with Crippen molar-refractivity contribution in [2.24, 2.45) is 0 Å². The van der Waals surface area contributed by atoms with Gasteiger partial charge in [0.2, 0.25) is 0 Å². The summed E-state index contributed by atoms with van der Waals surface area (Å²) in [6, 6.07) is 23.1. The average Bonchev–Trinajstić information content (AvgIpc) is 2.74. The molecule has 0 saturated carbocycles. The second kappa shape index (κ2) is 8.49. The number of carbonyl (C=O) groups excluding carboxylic acids is 1. The minimum atomic E-state index is -3.72. The second-order valence-electron chi connectivity index (χ2n) is 6.93. The normalized spacial score (nSPS) is 11.1. The highest BCUT2D eigenvalue weighted by Gasteiger charge is 2.23. The van der Waals surface area contributed by atoms with Crippen molar-refractivity contribution in [3.8, 4) is 0 Å². The van der Waals surface area contributed by atoms with Crippen molar-refractivity contribution in [2.75, 3.05) is 18.4 Å². The number of sulfonamides is 1. The van der Waals surface area contributed by atoms with E-state index >= 15 is 0 Å². The number of hydrogen-bond donors (Lipinski definition) is 0. The molecule has 0 aromatic heterocycles. The van der Waals surface area contributed by atoms with E-state index in [0.717, 1.165) is 11.1 Å². The first-order valence-corrected chi connectivity index (χ1v) is 10.7. The van der Waals surface area contributed by atoms with E-state index in [1.54, 1.807) is 60.5 Å². The molecule has 3 rings (SSSR count). The van der Waals surface area contributed by atoms with Crippen LogP contribution in [0.5, 0.6) is 0 Å². The molecular weight excluding hydrogens is 384 g/mol.